The third-order valence-electron chi connectivity index (χ3n) is 0.987. The molecule has 1 aliphatic rings. The summed E-state index contributed by atoms with van der Waals surface area (Å²) in [6.07, 6.45) is 1.29. The van der Waals surface area contributed by atoms with Gasteiger partial charge in [-0.25, -0.2) is 0 Å². The van der Waals surface area contributed by atoms with Gasteiger partial charge in [-0.3, -0.25) is 0 Å². The fourth-order valence-corrected chi connectivity index (χ4v) is 1.90. The maximum Gasteiger partial charge on any atom is 0.521 e. The van der Waals surface area contributed by atoms with E-state index in [2.05, 4.69) is 0 Å². The molecule has 46 valence electrons. The van der Waals surface area contributed by atoms with E-state index >= 15 is 0 Å². The Morgan fingerprint density at radius 3 is 2.88 bits per heavy atom. The van der Waals surface area contributed by atoms with Crippen LogP contribution in [-0.2, 0) is 20.9 Å². The summed E-state index contributed by atoms with van der Waals surface area (Å²) >= 11 is 4.79. The van der Waals surface area contributed by atoms with Crippen molar-refractivity contribution in [3.8, 4) is 0 Å². The van der Waals surface area contributed by atoms with E-state index in [1.165, 1.54) is 0 Å². The molecule has 0 aromatic carbocycles. The highest BCUT2D eigenvalue weighted by molar-refractivity contribution is 8.00. The van der Waals surface area contributed by atoms with Gasteiger partial charge in [-0.2, -0.15) is 0 Å². The van der Waals surface area contributed by atoms with E-state index in [0.717, 1.165) is 13.0 Å². The number of hydrogen-bond acceptors (Lipinski definition) is 3. The van der Waals surface area contributed by atoms with Crippen molar-refractivity contribution in [1.82, 2.24) is 0 Å². The summed E-state index contributed by atoms with van der Waals surface area (Å²) in [5, 5.41) is 0. The van der Waals surface area contributed by atoms with E-state index in [9.17, 15) is 0 Å². The molecule has 0 amide bonds. The van der Waals surface area contributed by atoms with Gasteiger partial charge in [0.1, 0.15) is 12.7 Å². The maximum absolute atomic E-state index is 5.14. The molecule has 0 N–H and O–H groups in total. The number of hydrogen-bond donors (Lipinski definition) is 0. The lowest BCUT2D eigenvalue weighted by Gasteiger charge is -2.07. The van der Waals surface area contributed by atoms with Crippen LogP contribution in [-0.4, -0.2) is 12.7 Å². The molecule has 1 heterocycles. The average Bonchev–Trinajstić information content (AvgIpc) is 1.64. The first-order chi connectivity index (χ1) is 3.79. The molecule has 0 aromatic heterocycles. The van der Waals surface area contributed by atoms with E-state index in [0.29, 0.717) is 6.10 Å². The molecule has 2 atom stereocenters. The van der Waals surface area contributed by atoms with Crippen LogP contribution in [0.4, 0.5) is 0 Å². The average molecular weight is 151 g/mol. The lowest BCUT2D eigenvalue weighted by atomic mass is 10.3. The molecule has 2 unspecified atom stereocenters. The quantitative estimate of drug-likeness (QED) is 0.490. The van der Waals surface area contributed by atoms with Crippen LogP contribution in [0.1, 0.15) is 13.3 Å². The van der Waals surface area contributed by atoms with E-state index < -0.39 is 7.15 Å². The van der Waals surface area contributed by atoms with Gasteiger partial charge in [0.25, 0.3) is 0 Å². The second kappa shape index (κ2) is 2.83. The zero-order valence-corrected chi connectivity index (χ0v) is 6.37. The molecule has 0 saturated carbocycles. The van der Waals surface area contributed by atoms with Gasteiger partial charge in [0.15, 0.2) is 0 Å². The van der Waals surface area contributed by atoms with Gasteiger partial charge in [-0.05, 0) is 6.92 Å². The zero-order valence-electron chi connectivity index (χ0n) is 4.66. The first-order valence-electron chi connectivity index (χ1n) is 2.56. The minimum absolute atomic E-state index is 0.312. The molecule has 0 aromatic rings. The van der Waals surface area contributed by atoms with Crippen molar-refractivity contribution in [1.29, 1.82) is 0 Å². The Hall–Kier alpha value is 0.440. The van der Waals surface area contributed by atoms with Crippen molar-refractivity contribution in [2.75, 3.05) is 6.61 Å². The summed E-state index contributed by atoms with van der Waals surface area (Å²) in [6.45, 7) is 2.79. The molecule has 0 bridgehead atoms. The number of rotatable bonds is 0. The fraction of sp³-hybridized carbons (Fsp3) is 1.00. The Balaban J connectivity index is 2.34. The maximum atomic E-state index is 5.14. The molecular formula is C4H8O2PS+. The second-order valence-corrected chi connectivity index (χ2v) is 3.57. The monoisotopic (exact) mass is 151 g/mol. The van der Waals surface area contributed by atoms with Crippen molar-refractivity contribution in [3.05, 3.63) is 0 Å². The highest BCUT2D eigenvalue weighted by atomic mass is 32.4. The van der Waals surface area contributed by atoms with Gasteiger partial charge in [0.05, 0.1) is 0 Å². The van der Waals surface area contributed by atoms with Gasteiger partial charge in [0, 0.05) is 6.42 Å². The second-order valence-electron chi connectivity index (χ2n) is 1.76. The van der Waals surface area contributed by atoms with Crippen LogP contribution in [0.15, 0.2) is 0 Å². The predicted molar refractivity (Wildman–Crippen MR) is 35.4 cm³/mol. The van der Waals surface area contributed by atoms with Crippen molar-refractivity contribution >= 4 is 19.0 Å². The first-order valence-corrected chi connectivity index (χ1v) is 4.75. The lowest BCUT2D eigenvalue weighted by Crippen LogP contribution is -2.11. The topological polar surface area (TPSA) is 18.5 Å². The van der Waals surface area contributed by atoms with Crippen LogP contribution in [0.5, 0.6) is 0 Å². The van der Waals surface area contributed by atoms with E-state index in [-0.39, 0.29) is 0 Å². The van der Waals surface area contributed by atoms with Gasteiger partial charge in [-0.1, -0.05) is 0 Å². The molecule has 1 aliphatic heterocycles. The molecule has 1 fully saturated rings. The van der Waals surface area contributed by atoms with Crippen LogP contribution in [0.3, 0.4) is 0 Å². The van der Waals surface area contributed by atoms with Crippen LogP contribution in [0, 0.1) is 0 Å². The Labute approximate surface area is 54.8 Å². The van der Waals surface area contributed by atoms with Crippen molar-refractivity contribution in [2.24, 2.45) is 0 Å². The SMILES string of the molecule is CC1CCO[P+](=S)O1. The Bertz CT molecular complexity index is 106. The molecule has 0 radical (unpaired) electrons. The van der Waals surface area contributed by atoms with Crippen molar-refractivity contribution in [2.45, 2.75) is 19.4 Å². The largest absolute Gasteiger partial charge is 0.521 e. The van der Waals surface area contributed by atoms with Crippen LogP contribution < -0.4 is 0 Å². The summed E-state index contributed by atoms with van der Waals surface area (Å²) in [7, 11) is -0.948. The molecule has 0 aliphatic carbocycles. The van der Waals surface area contributed by atoms with Crippen LogP contribution in [0.2, 0.25) is 0 Å². The fourth-order valence-electron chi connectivity index (χ4n) is 0.523. The van der Waals surface area contributed by atoms with Gasteiger partial charge in [-0.15, -0.1) is 9.05 Å². The standard InChI is InChI=1S/C4H8O2PS/c1-4-2-3-5-7(8)6-4/h4H,2-3H2,1H3/q+1. The molecule has 0 spiro atoms. The summed E-state index contributed by atoms with van der Waals surface area (Å²) in [6, 6.07) is 0. The van der Waals surface area contributed by atoms with E-state index in [1.54, 1.807) is 0 Å². The molecule has 4 heteroatoms. The minimum atomic E-state index is -0.948. The summed E-state index contributed by atoms with van der Waals surface area (Å²) in [4.78, 5) is 0. The Morgan fingerprint density at radius 2 is 2.50 bits per heavy atom. The normalized spacial score (nSPS) is 35.1. The van der Waals surface area contributed by atoms with E-state index in [1.807, 2.05) is 6.92 Å². The molecule has 8 heavy (non-hydrogen) atoms. The van der Waals surface area contributed by atoms with Gasteiger partial charge >= 0.3 is 7.15 Å². The van der Waals surface area contributed by atoms with Crippen molar-refractivity contribution in [3.63, 3.8) is 0 Å². The molecular weight excluding hydrogens is 143 g/mol. The van der Waals surface area contributed by atoms with Gasteiger partial charge < -0.3 is 0 Å². The minimum Gasteiger partial charge on any atom is -0.142 e. The zero-order chi connectivity index (χ0) is 5.98. The first kappa shape index (κ1) is 6.56. The van der Waals surface area contributed by atoms with E-state index in [4.69, 9.17) is 20.9 Å². The Morgan fingerprint density at radius 1 is 1.75 bits per heavy atom. The lowest BCUT2D eigenvalue weighted by molar-refractivity contribution is 0.131. The van der Waals surface area contributed by atoms with Crippen LogP contribution in [0.25, 0.3) is 0 Å². The smallest absolute Gasteiger partial charge is 0.142 e. The summed E-state index contributed by atoms with van der Waals surface area (Å²) in [5.74, 6) is 0. The predicted octanol–water partition coefficient (Wildman–Crippen LogP) is 1.59. The van der Waals surface area contributed by atoms with Crippen LogP contribution >= 0.6 is 7.15 Å². The highest BCUT2D eigenvalue weighted by Crippen LogP contribution is 2.31. The van der Waals surface area contributed by atoms with Crippen molar-refractivity contribution < 1.29 is 9.05 Å². The Kier molecular flexibility index (Phi) is 2.32. The highest BCUT2D eigenvalue weighted by Gasteiger charge is 2.24. The molecule has 1 rings (SSSR count). The molecule has 2 nitrogen and oxygen atoms in total. The molecule has 1 saturated heterocycles. The third kappa shape index (κ3) is 1.75. The summed E-state index contributed by atoms with van der Waals surface area (Å²) < 4.78 is 10.1. The third-order valence-corrected chi connectivity index (χ3v) is 2.49. The van der Waals surface area contributed by atoms with Gasteiger partial charge in [0.2, 0.25) is 11.8 Å². The summed E-state index contributed by atoms with van der Waals surface area (Å²) in [5.41, 5.74) is 0.